The minimum Gasteiger partial charge on any atom is -0.322 e. The van der Waals surface area contributed by atoms with E-state index in [9.17, 15) is 4.79 Å². The quantitative estimate of drug-likeness (QED) is 0.715. The lowest BCUT2D eigenvalue weighted by Gasteiger charge is -2.17. The Bertz CT molecular complexity index is 400. The molecule has 1 rings (SSSR count). The predicted molar refractivity (Wildman–Crippen MR) is 81.5 cm³/mol. The number of carbonyl (C=O) groups is 1. The average Bonchev–Trinajstić information content (AvgIpc) is 2.87. The second kappa shape index (κ2) is 8.71. The van der Waals surface area contributed by atoms with E-state index in [-0.39, 0.29) is 5.91 Å². The lowest BCUT2D eigenvalue weighted by molar-refractivity contribution is -0.117. The summed E-state index contributed by atoms with van der Waals surface area (Å²) in [6.07, 6.45) is 5.11. The van der Waals surface area contributed by atoms with Crippen LogP contribution in [0.1, 0.15) is 33.6 Å². The fourth-order valence-corrected chi connectivity index (χ4v) is 2.01. The number of nitrogens with one attached hydrogen (secondary N) is 1. The zero-order chi connectivity index (χ0) is 15.0. The van der Waals surface area contributed by atoms with Gasteiger partial charge in [0.05, 0.1) is 24.5 Å². The number of rotatable bonds is 9. The molecule has 114 valence electrons. The van der Waals surface area contributed by atoms with Crippen LogP contribution in [-0.4, -0.2) is 46.3 Å². The van der Waals surface area contributed by atoms with Gasteiger partial charge in [-0.2, -0.15) is 5.10 Å². The lowest BCUT2D eigenvalue weighted by Crippen LogP contribution is -2.35. The van der Waals surface area contributed by atoms with Gasteiger partial charge in [0.1, 0.15) is 0 Å². The van der Waals surface area contributed by atoms with Crippen molar-refractivity contribution in [1.82, 2.24) is 14.7 Å². The second-order valence-corrected chi connectivity index (χ2v) is 4.90. The molecule has 0 aliphatic carbocycles. The van der Waals surface area contributed by atoms with E-state index >= 15 is 0 Å². The molecule has 0 spiro atoms. The highest BCUT2D eigenvalue weighted by molar-refractivity contribution is 5.94. The molecule has 0 fully saturated rings. The molecule has 0 saturated carbocycles. The van der Waals surface area contributed by atoms with Gasteiger partial charge < -0.3 is 16.0 Å². The van der Waals surface area contributed by atoms with Crippen LogP contribution in [-0.2, 0) is 11.3 Å². The molecule has 6 nitrogen and oxygen atoms in total. The van der Waals surface area contributed by atoms with Gasteiger partial charge >= 0.3 is 0 Å². The molecule has 20 heavy (non-hydrogen) atoms. The van der Waals surface area contributed by atoms with Crippen LogP contribution in [0.3, 0.4) is 0 Å². The standard InChI is InChI=1S/C14H27N5O/c1-4-7-13(15)14(20)17-12-10-16-19(11-12)9-8-18(5-2)6-3/h10-11,13H,4-9,15H2,1-3H3,(H,17,20)/t13-/m1/s1. The van der Waals surface area contributed by atoms with Crippen LogP contribution in [0.4, 0.5) is 5.69 Å². The number of likely N-dealkylation sites (N-methyl/N-ethyl adjacent to an activating group) is 1. The fraction of sp³-hybridized carbons (Fsp3) is 0.714. The second-order valence-electron chi connectivity index (χ2n) is 4.90. The Morgan fingerprint density at radius 3 is 2.75 bits per heavy atom. The van der Waals surface area contributed by atoms with Crippen molar-refractivity contribution in [1.29, 1.82) is 0 Å². The summed E-state index contributed by atoms with van der Waals surface area (Å²) in [6, 6.07) is -0.445. The summed E-state index contributed by atoms with van der Waals surface area (Å²) in [4.78, 5) is 14.1. The number of hydrogen-bond donors (Lipinski definition) is 2. The van der Waals surface area contributed by atoms with Crippen molar-refractivity contribution in [2.24, 2.45) is 5.73 Å². The molecule has 3 N–H and O–H groups in total. The maximum atomic E-state index is 11.8. The van der Waals surface area contributed by atoms with Gasteiger partial charge in [-0.15, -0.1) is 0 Å². The number of carbonyl (C=O) groups excluding carboxylic acids is 1. The van der Waals surface area contributed by atoms with E-state index in [1.165, 1.54) is 0 Å². The Balaban J connectivity index is 2.45. The third-order valence-electron chi connectivity index (χ3n) is 3.38. The van der Waals surface area contributed by atoms with E-state index in [4.69, 9.17) is 5.73 Å². The number of hydrogen-bond acceptors (Lipinski definition) is 4. The maximum absolute atomic E-state index is 11.8. The first-order chi connectivity index (χ1) is 9.60. The molecule has 0 aliphatic heterocycles. The van der Waals surface area contributed by atoms with Crippen LogP contribution in [0.2, 0.25) is 0 Å². The van der Waals surface area contributed by atoms with Crippen LogP contribution in [0.5, 0.6) is 0 Å². The zero-order valence-electron chi connectivity index (χ0n) is 12.8. The highest BCUT2D eigenvalue weighted by atomic mass is 16.2. The fourth-order valence-electron chi connectivity index (χ4n) is 2.01. The number of anilines is 1. The van der Waals surface area contributed by atoms with E-state index in [2.05, 4.69) is 29.2 Å². The van der Waals surface area contributed by atoms with E-state index in [0.717, 1.165) is 32.6 Å². The van der Waals surface area contributed by atoms with Crippen LogP contribution >= 0.6 is 0 Å². The van der Waals surface area contributed by atoms with Gasteiger partial charge in [-0.3, -0.25) is 9.48 Å². The number of aromatic nitrogens is 2. The molecule has 1 atom stereocenters. The smallest absolute Gasteiger partial charge is 0.241 e. The molecule has 1 amide bonds. The summed E-state index contributed by atoms with van der Waals surface area (Å²) >= 11 is 0. The molecule has 1 heterocycles. The zero-order valence-corrected chi connectivity index (χ0v) is 12.8. The van der Waals surface area contributed by atoms with Crippen LogP contribution in [0.25, 0.3) is 0 Å². The summed E-state index contributed by atoms with van der Waals surface area (Å²) in [5, 5.41) is 7.05. The van der Waals surface area contributed by atoms with Gasteiger partial charge in [0, 0.05) is 12.7 Å². The van der Waals surface area contributed by atoms with Crippen molar-refractivity contribution in [2.45, 2.75) is 46.2 Å². The third-order valence-corrected chi connectivity index (χ3v) is 3.38. The number of nitrogens with two attached hydrogens (primary N) is 1. The first kappa shape index (κ1) is 16.7. The van der Waals surface area contributed by atoms with Crippen LogP contribution in [0, 0.1) is 0 Å². The first-order valence-electron chi connectivity index (χ1n) is 7.41. The average molecular weight is 281 g/mol. The summed E-state index contributed by atoms with van der Waals surface area (Å²) < 4.78 is 1.85. The predicted octanol–water partition coefficient (Wildman–Crippen LogP) is 1.29. The Kier molecular flexibility index (Phi) is 7.25. The van der Waals surface area contributed by atoms with Crippen molar-refractivity contribution in [3.8, 4) is 0 Å². The Hall–Kier alpha value is -1.40. The van der Waals surface area contributed by atoms with Crippen molar-refractivity contribution in [3.05, 3.63) is 12.4 Å². The van der Waals surface area contributed by atoms with E-state index in [1.54, 1.807) is 6.20 Å². The van der Waals surface area contributed by atoms with Gasteiger partial charge in [0.2, 0.25) is 5.91 Å². The molecule has 0 bridgehead atoms. The summed E-state index contributed by atoms with van der Waals surface area (Å²) in [6.45, 7) is 10.1. The molecule has 0 aliphatic rings. The molecule has 0 radical (unpaired) electrons. The number of amides is 1. The molecule has 1 aromatic heterocycles. The first-order valence-corrected chi connectivity index (χ1v) is 7.41. The molecule has 0 saturated heterocycles. The van der Waals surface area contributed by atoms with E-state index in [1.807, 2.05) is 17.8 Å². The van der Waals surface area contributed by atoms with E-state index in [0.29, 0.717) is 12.1 Å². The highest BCUT2D eigenvalue weighted by Gasteiger charge is 2.13. The normalized spacial score (nSPS) is 12.7. The molecule has 0 aromatic carbocycles. The van der Waals surface area contributed by atoms with Crippen LogP contribution < -0.4 is 11.1 Å². The Morgan fingerprint density at radius 2 is 2.15 bits per heavy atom. The SMILES string of the molecule is CCC[C@@H](N)C(=O)Nc1cnn(CCN(CC)CC)c1. The highest BCUT2D eigenvalue weighted by Crippen LogP contribution is 2.06. The van der Waals surface area contributed by atoms with Crippen LogP contribution in [0.15, 0.2) is 12.4 Å². The van der Waals surface area contributed by atoms with Crippen molar-refractivity contribution in [3.63, 3.8) is 0 Å². The summed E-state index contributed by atoms with van der Waals surface area (Å²) in [5.74, 6) is -0.143. The minimum absolute atomic E-state index is 0.143. The minimum atomic E-state index is -0.445. The molecule has 1 aromatic rings. The summed E-state index contributed by atoms with van der Waals surface area (Å²) in [7, 11) is 0. The Labute approximate surface area is 121 Å². The van der Waals surface area contributed by atoms with Gasteiger partial charge in [-0.1, -0.05) is 27.2 Å². The Morgan fingerprint density at radius 1 is 1.45 bits per heavy atom. The van der Waals surface area contributed by atoms with Crippen molar-refractivity contribution in [2.75, 3.05) is 25.0 Å². The van der Waals surface area contributed by atoms with Crippen molar-refractivity contribution < 1.29 is 4.79 Å². The maximum Gasteiger partial charge on any atom is 0.241 e. The topological polar surface area (TPSA) is 76.2 Å². The molecule has 0 unspecified atom stereocenters. The van der Waals surface area contributed by atoms with Gasteiger partial charge in [-0.05, 0) is 19.5 Å². The van der Waals surface area contributed by atoms with Gasteiger partial charge in [0.15, 0.2) is 0 Å². The van der Waals surface area contributed by atoms with Gasteiger partial charge in [-0.25, -0.2) is 0 Å². The molecular formula is C14H27N5O. The third kappa shape index (κ3) is 5.30. The van der Waals surface area contributed by atoms with Crippen molar-refractivity contribution >= 4 is 11.6 Å². The molecular weight excluding hydrogens is 254 g/mol. The monoisotopic (exact) mass is 281 g/mol. The molecule has 6 heteroatoms. The van der Waals surface area contributed by atoms with E-state index < -0.39 is 6.04 Å². The lowest BCUT2D eigenvalue weighted by atomic mass is 10.2. The number of nitrogens with zero attached hydrogens (tertiary/aromatic N) is 3. The largest absolute Gasteiger partial charge is 0.322 e. The summed E-state index contributed by atoms with van der Waals surface area (Å²) in [5.41, 5.74) is 6.48. The van der Waals surface area contributed by atoms with Gasteiger partial charge in [0.25, 0.3) is 0 Å².